The van der Waals surface area contributed by atoms with Crippen molar-refractivity contribution < 1.29 is 38.4 Å². The minimum absolute atomic E-state index is 0.00288. The van der Waals surface area contributed by atoms with E-state index in [-0.39, 0.29) is 27.9 Å². The SMILES string of the molecule is C=CCOC(=O)c1sc(N2C(=O)C(=O)/C(=C(/O)c3ccc(OCc4ccccc4)cc3C)C2c2ccc(OC)c(OC)c2)nc1C. The summed E-state index contributed by atoms with van der Waals surface area (Å²) in [7, 11) is 2.96. The number of hydrogen-bond acceptors (Lipinski definition) is 10. The van der Waals surface area contributed by atoms with Gasteiger partial charge in [-0.2, -0.15) is 0 Å². The number of benzene rings is 3. The highest BCUT2D eigenvalue weighted by molar-refractivity contribution is 7.17. The molecule has 46 heavy (non-hydrogen) atoms. The fraction of sp³-hybridized carbons (Fsp3) is 0.200. The Morgan fingerprint density at radius 1 is 1.02 bits per heavy atom. The van der Waals surface area contributed by atoms with Gasteiger partial charge in [0.15, 0.2) is 16.6 Å². The number of rotatable bonds is 11. The summed E-state index contributed by atoms with van der Waals surface area (Å²) in [5.74, 6) is -1.47. The molecule has 0 saturated carbocycles. The summed E-state index contributed by atoms with van der Waals surface area (Å²) in [4.78, 5) is 46.0. The molecule has 3 aromatic carbocycles. The zero-order valence-corrected chi connectivity index (χ0v) is 26.6. The highest BCUT2D eigenvalue weighted by atomic mass is 32.1. The Morgan fingerprint density at radius 2 is 1.76 bits per heavy atom. The number of esters is 1. The first-order valence-corrected chi connectivity index (χ1v) is 15.1. The maximum absolute atomic E-state index is 13.8. The van der Waals surface area contributed by atoms with Crippen LogP contribution in [0.2, 0.25) is 0 Å². The molecule has 236 valence electrons. The second-order valence-electron chi connectivity index (χ2n) is 10.3. The third-order valence-electron chi connectivity index (χ3n) is 7.38. The Morgan fingerprint density at radius 3 is 2.43 bits per heavy atom. The molecule has 0 radical (unpaired) electrons. The molecule has 0 aliphatic carbocycles. The minimum Gasteiger partial charge on any atom is -0.507 e. The van der Waals surface area contributed by atoms with Gasteiger partial charge in [0, 0.05) is 5.56 Å². The van der Waals surface area contributed by atoms with Crippen molar-refractivity contribution >= 4 is 39.9 Å². The number of aromatic nitrogens is 1. The number of amides is 1. The van der Waals surface area contributed by atoms with Gasteiger partial charge in [0.2, 0.25) is 0 Å². The van der Waals surface area contributed by atoms with Crippen LogP contribution >= 0.6 is 11.3 Å². The number of thiazole rings is 1. The number of Topliss-reactive ketones (excluding diaryl/α,β-unsaturated/α-hetero) is 1. The van der Waals surface area contributed by atoms with Crippen molar-refractivity contribution in [2.45, 2.75) is 26.5 Å². The molecule has 1 N–H and O–H groups in total. The van der Waals surface area contributed by atoms with Crippen LogP contribution in [0.15, 0.2) is 85.0 Å². The summed E-state index contributed by atoms with van der Waals surface area (Å²) in [6, 6.07) is 18.6. The van der Waals surface area contributed by atoms with Gasteiger partial charge in [0.05, 0.1) is 31.5 Å². The lowest BCUT2D eigenvalue weighted by molar-refractivity contribution is -0.132. The van der Waals surface area contributed by atoms with E-state index >= 15 is 0 Å². The van der Waals surface area contributed by atoms with Crippen molar-refractivity contribution in [3.8, 4) is 17.2 Å². The van der Waals surface area contributed by atoms with Crippen molar-refractivity contribution in [3.63, 3.8) is 0 Å². The molecule has 4 aromatic rings. The third kappa shape index (κ3) is 6.22. The summed E-state index contributed by atoms with van der Waals surface area (Å²) in [6.45, 7) is 7.29. The molecule has 1 fully saturated rings. The number of methoxy groups -OCH3 is 2. The number of aliphatic hydroxyl groups is 1. The molecule has 1 aliphatic heterocycles. The molecule has 1 aliphatic rings. The first-order valence-electron chi connectivity index (χ1n) is 14.2. The molecule has 10 nitrogen and oxygen atoms in total. The van der Waals surface area contributed by atoms with Crippen molar-refractivity contribution in [3.05, 3.63) is 118 Å². The van der Waals surface area contributed by atoms with Crippen LogP contribution in [0, 0.1) is 13.8 Å². The molecule has 1 aromatic heterocycles. The third-order valence-corrected chi connectivity index (χ3v) is 8.51. The van der Waals surface area contributed by atoms with Gasteiger partial charge in [0.1, 0.15) is 29.6 Å². The number of aliphatic hydroxyl groups excluding tert-OH is 1. The molecule has 11 heteroatoms. The number of carbonyl (C=O) groups excluding carboxylic acids is 3. The number of ether oxygens (including phenoxy) is 4. The number of hydrogen-bond donors (Lipinski definition) is 1. The maximum atomic E-state index is 13.8. The molecule has 0 spiro atoms. The Kier molecular flexibility index (Phi) is 9.53. The number of ketones is 1. The zero-order valence-electron chi connectivity index (χ0n) is 25.7. The lowest BCUT2D eigenvalue weighted by Crippen LogP contribution is -2.29. The maximum Gasteiger partial charge on any atom is 0.350 e. The van der Waals surface area contributed by atoms with E-state index < -0.39 is 23.7 Å². The average Bonchev–Trinajstić information content (AvgIpc) is 3.58. The van der Waals surface area contributed by atoms with Crippen molar-refractivity contribution in [1.29, 1.82) is 0 Å². The van der Waals surface area contributed by atoms with Gasteiger partial charge < -0.3 is 24.1 Å². The first-order chi connectivity index (χ1) is 22.2. The minimum atomic E-state index is -1.11. The lowest BCUT2D eigenvalue weighted by Gasteiger charge is -2.24. The Labute approximate surface area is 270 Å². The smallest absolute Gasteiger partial charge is 0.350 e. The van der Waals surface area contributed by atoms with Gasteiger partial charge >= 0.3 is 11.9 Å². The number of aryl methyl sites for hydroxylation is 2. The molecular weight excluding hydrogens is 608 g/mol. The topological polar surface area (TPSA) is 124 Å². The standard InChI is InChI=1S/C35H32N2O8S/c1-6-16-44-34(41)32-21(3)36-35(46-32)37-29(23-12-15-26(42-4)27(18-23)43-5)28(31(39)33(37)40)30(38)25-14-13-24(17-20(25)2)45-19-22-10-8-7-9-11-22/h6-15,17-18,29,38H,1,16,19H2,2-5H3/b30-28+. The molecular formula is C35H32N2O8S. The molecule has 1 saturated heterocycles. The van der Waals surface area contributed by atoms with Gasteiger partial charge in [-0.05, 0) is 60.9 Å². The van der Waals surface area contributed by atoms with E-state index in [1.54, 1.807) is 50.2 Å². The first kappa shape index (κ1) is 32.0. The van der Waals surface area contributed by atoms with Crippen LogP contribution in [0.25, 0.3) is 5.76 Å². The second-order valence-corrected chi connectivity index (χ2v) is 11.3. The van der Waals surface area contributed by atoms with E-state index in [9.17, 15) is 19.5 Å². The zero-order chi connectivity index (χ0) is 33.0. The van der Waals surface area contributed by atoms with E-state index in [1.165, 1.54) is 25.2 Å². The fourth-order valence-electron chi connectivity index (χ4n) is 5.12. The van der Waals surface area contributed by atoms with Gasteiger partial charge in [-0.3, -0.25) is 14.5 Å². The van der Waals surface area contributed by atoms with Crippen molar-refractivity contribution in [2.24, 2.45) is 0 Å². The quantitative estimate of drug-likeness (QED) is 0.0659. The summed E-state index contributed by atoms with van der Waals surface area (Å²) >= 11 is 0.912. The molecule has 5 rings (SSSR count). The largest absolute Gasteiger partial charge is 0.507 e. The summed E-state index contributed by atoms with van der Waals surface area (Å²) in [5, 5.41) is 11.8. The lowest BCUT2D eigenvalue weighted by atomic mass is 9.93. The molecule has 0 bridgehead atoms. The predicted octanol–water partition coefficient (Wildman–Crippen LogP) is 6.33. The summed E-state index contributed by atoms with van der Waals surface area (Å²) in [5.41, 5.74) is 2.59. The molecule has 1 atom stereocenters. The van der Waals surface area contributed by atoms with E-state index in [0.717, 1.165) is 16.9 Å². The average molecular weight is 641 g/mol. The Bertz CT molecular complexity index is 1850. The fourth-order valence-corrected chi connectivity index (χ4v) is 6.11. The Balaban J connectivity index is 1.60. The second kappa shape index (κ2) is 13.7. The van der Waals surface area contributed by atoms with Crippen LogP contribution in [0.5, 0.6) is 17.2 Å². The van der Waals surface area contributed by atoms with Crippen molar-refractivity contribution in [2.75, 3.05) is 25.7 Å². The van der Waals surface area contributed by atoms with E-state index in [4.69, 9.17) is 18.9 Å². The van der Waals surface area contributed by atoms with Crippen LogP contribution in [0.1, 0.15) is 43.7 Å². The highest BCUT2D eigenvalue weighted by Crippen LogP contribution is 2.46. The predicted molar refractivity (Wildman–Crippen MR) is 174 cm³/mol. The van der Waals surface area contributed by atoms with Gasteiger partial charge in [-0.25, -0.2) is 9.78 Å². The highest BCUT2D eigenvalue weighted by Gasteiger charge is 2.49. The van der Waals surface area contributed by atoms with Crippen LogP contribution in [-0.4, -0.2) is 48.6 Å². The van der Waals surface area contributed by atoms with Gasteiger partial charge in [-0.1, -0.05) is 60.4 Å². The van der Waals surface area contributed by atoms with E-state index in [2.05, 4.69) is 11.6 Å². The van der Waals surface area contributed by atoms with Crippen LogP contribution in [-0.2, 0) is 20.9 Å². The number of anilines is 1. The van der Waals surface area contributed by atoms with E-state index in [1.807, 2.05) is 30.3 Å². The van der Waals surface area contributed by atoms with Gasteiger partial charge in [0.25, 0.3) is 5.78 Å². The van der Waals surface area contributed by atoms with Crippen LogP contribution in [0.3, 0.4) is 0 Å². The van der Waals surface area contributed by atoms with Crippen LogP contribution in [0.4, 0.5) is 5.13 Å². The summed E-state index contributed by atoms with van der Waals surface area (Å²) < 4.78 is 22.0. The summed E-state index contributed by atoms with van der Waals surface area (Å²) in [6.07, 6.45) is 1.44. The van der Waals surface area contributed by atoms with E-state index in [0.29, 0.717) is 46.2 Å². The molecule has 2 heterocycles. The normalized spacial score (nSPS) is 15.5. The molecule has 1 unspecified atom stereocenters. The molecule has 1 amide bonds. The van der Waals surface area contributed by atoms with Crippen molar-refractivity contribution in [1.82, 2.24) is 4.98 Å². The monoisotopic (exact) mass is 640 g/mol. The Hall–Kier alpha value is -5.42. The van der Waals surface area contributed by atoms with Crippen LogP contribution < -0.4 is 19.1 Å². The number of nitrogens with zero attached hydrogens (tertiary/aromatic N) is 2. The van der Waals surface area contributed by atoms with Gasteiger partial charge in [-0.15, -0.1) is 0 Å². The number of carbonyl (C=O) groups is 3.